The van der Waals surface area contributed by atoms with Gasteiger partial charge in [0.05, 0.1) is 37.8 Å². The highest BCUT2D eigenvalue weighted by atomic mass is 16.5. The maximum absolute atomic E-state index is 11.6. The van der Waals surface area contributed by atoms with Crippen molar-refractivity contribution < 1.29 is 14.3 Å². The van der Waals surface area contributed by atoms with E-state index in [0.29, 0.717) is 5.56 Å². The van der Waals surface area contributed by atoms with E-state index >= 15 is 0 Å². The van der Waals surface area contributed by atoms with Crippen LogP contribution >= 0.6 is 0 Å². The van der Waals surface area contributed by atoms with Crippen LogP contribution in [0.15, 0.2) is 24.5 Å². The summed E-state index contributed by atoms with van der Waals surface area (Å²) in [7, 11) is 1.38. The van der Waals surface area contributed by atoms with Gasteiger partial charge in [-0.3, -0.25) is 4.90 Å². The van der Waals surface area contributed by atoms with Crippen molar-refractivity contribution in [1.29, 1.82) is 0 Å². The predicted octanol–water partition coefficient (Wildman–Crippen LogP) is 0.953. The van der Waals surface area contributed by atoms with Crippen molar-refractivity contribution in [3.05, 3.63) is 35.8 Å². The molecule has 0 saturated carbocycles. The lowest BCUT2D eigenvalue weighted by Gasteiger charge is -2.26. The lowest BCUT2D eigenvalue weighted by atomic mass is 10.3. The van der Waals surface area contributed by atoms with Gasteiger partial charge >= 0.3 is 5.97 Å². The first-order chi connectivity index (χ1) is 9.78. The highest BCUT2D eigenvalue weighted by molar-refractivity contribution is 5.89. The first-order valence-corrected chi connectivity index (χ1v) is 6.62. The highest BCUT2D eigenvalue weighted by Crippen LogP contribution is 2.13. The fraction of sp³-hybridized carbons (Fsp3) is 0.429. The Kier molecular flexibility index (Phi) is 3.66. The standard InChI is InChI=1S/C14H17N3O3/c1-19-14(18)11-2-3-13-15-8-12(17(13)9-11)10-16-4-6-20-7-5-16/h2-3,8-9H,4-7,10H2,1H3. The number of nitrogens with zero attached hydrogens (tertiary/aromatic N) is 3. The van der Waals surface area contributed by atoms with E-state index in [1.54, 1.807) is 12.3 Å². The minimum atomic E-state index is -0.335. The molecule has 0 amide bonds. The van der Waals surface area contributed by atoms with Crippen molar-refractivity contribution in [3.8, 4) is 0 Å². The van der Waals surface area contributed by atoms with Gasteiger partial charge in [0.15, 0.2) is 0 Å². The molecule has 6 nitrogen and oxygen atoms in total. The van der Waals surface area contributed by atoms with Gasteiger partial charge in [-0.05, 0) is 12.1 Å². The molecular formula is C14H17N3O3. The lowest BCUT2D eigenvalue weighted by Crippen LogP contribution is -2.35. The lowest BCUT2D eigenvalue weighted by molar-refractivity contribution is 0.0335. The molecule has 20 heavy (non-hydrogen) atoms. The quantitative estimate of drug-likeness (QED) is 0.781. The van der Waals surface area contributed by atoms with Crippen LogP contribution in [-0.2, 0) is 16.0 Å². The minimum absolute atomic E-state index is 0.335. The summed E-state index contributed by atoms with van der Waals surface area (Å²) < 4.78 is 12.0. The van der Waals surface area contributed by atoms with Gasteiger partial charge in [-0.2, -0.15) is 0 Å². The molecule has 0 aromatic carbocycles. The number of carbonyl (C=O) groups excluding carboxylic acids is 1. The van der Waals surface area contributed by atoms with Crippen molar-refractivity contribution in [2.24, 2.45) is 0 Å². The molecule has 0 aliphatic carbocycles. The number of imidazole rings is 1. The molecule has 1 saturated heterocycles. The van der Waals surface area contributed by atoms with Crippen LogP contribution in [0.1, 0.15) is 16.1 Å². The minimum Gasteiger partial charge on any atom is -0.465 e. The Morgan fingerprint density at radius 1 is 1.40 bits per heavy atom. The Bertz CT molecular complexity index is 617. The Labute approximate surface area is 116 Å². The zero-order valence-corrected chi connectivity index (χ0v) is 11.4. The van der Waals surface area contributed by atoms with Crippen LogP contribution < -0.4 is 0 Å². The van der Waals surface area contributed by atoms with Gasteiger partial charge < -0.3 is 13.9 Å². The van der Waals surface area contributed by atoms with E-state index in [1.165, 1.54) is 7.11 Å². The summed E-state index contributed by atoms with van der Waals surface area (Å²) in [4.78, 5) is 18.3. The first-order valence-electron chi connectivity index (χ1n) is 6.62. The van der Waals surface area contributed by atoms with E-state index in [1.807, 2.05) is 16.7 Å². The average Bonchev–Trinajstić information content (AvgIpc) is 2.90. The number of carbonyl (C=O) groups is 1. The van der Waals surface area contributed by atoms with Crippen LogP contribution in [0.25, 0.3) is 5.65 Å². The maximum Gasteiger partial charge on any atom is 0.339 e. The van der Waals surface area contributed by atoms with E-state index in [0.717, 1.165) is 44.2 Å². The van der Waals surface area contributed by atoms with Gasteiger partial charge in [-0.15, -0.1) is 0 Å². The fourth-order valence-corrected chi connectivity index (χ4v) is 2.37. The molecule has 0 N–H and O–H groups in total. The van der Waals surface area contributed by atoms with Crippen LogP contribution in [0, 0.1) is 0 Å². The van der Waals surface area contributed by atoms with Crippen LogP contribution in [0.3, 0.4) is 0 Å². The smallest absolute Gasteiger partial charge is 0.339 e. The molecule has 0 unspecified atom stereocenters. The number of aromatic nitrogens is 2. The largest absolute Gasteiger partial charge is 0.465 e. The van der Waals surface area contributed by atoms with Crippen LogP contribution in [0.5, 0.6) is 0 Å². The number of rotatable bonds is 3. The second-order valence-corrected chi connectivity index (χ2v) is 4.78. The third-order valence-corrected chi connectivity index (χ3v) is 3.49. The first kappa shape index (κ1) is 13.1. The van der Waals surface area contributed by atoms with Crippen molar-refractivity contribution in [3.63, 3.8) is 0 Å². The molecule has 2 aromatic heterocycles. The number of morpholine rings is 1. The zero-order chi connectivity index (χ0) is 13.9. The molecule has 0 radical (unpaired) electrons. The molecule has 106 valence electrons. The zero-order valence-electron chi connectivity index (χ0n) is 11.4. The maximum atomic E-state index is 11.6. The Morgan fingerprint density at radius 2 is 2.20 bits per heavy atom. The third-order valence-electron chi connectivity index (χ3n) is 3.49. The molecule has 2 aromatic rings. The SMILES string of the molecule is COC(=O)c1ccc2ncc(CN3CCOCC3)n2c1. The van der Waals surface area contributed by atoms with Crippen LogP contribution in [0.4, 0.5) is 0 Å². The van der Waals surface area contributed by atoms with Crippen LogP contribution in [0.2, 0.25) is 0 Å². The van der Waals surface area contributed by atoms with Crippen molar-refractivity contribution in [2.45, 2.75) is 6.54 Å². The van der Waals surface area contributed by atoms with E-state index in [9.17, 15) is 4.79 Å². The number of pyridine rings is 1. The second-order valence-electron chi connectivity index (χ2n) is 4.78. The predicted molar refractivity (Wildman–Crippen MR) is 72.6 cm³/mol. The number of hydrogen-bond donors (Lipinski definition) is 0. The number of esters is 1. The van der Waals surface area contributed by atoms with Crippen molar-refractivity contribution in [1.82, 2.24) is 14.3 Å². The van der Waals surface area contributed by atoms with Gasteiger partial charge in [0.1, 0.15) is 5.65 Å². The number of ether oxygens (including phenoxy) is 2. The monoisotopic (exact) mass is 275 g/mol. The number of fused-ring (bicyclic) bond motifs is 1. The van der Waals surface area contributed by atoms with Gasteiger partial charge in [0, 0.05) is 25.8 Å². The van der Waals surface area contributed by atoms with Gasteiger partial charge in [0.2, 0.25) is 0 Å². The summed E-state index contributed by atoms with van der Waals surface area (Å²) in [6.45, 7) is 4.18. The third kappa shape index (κ3) is 2.52. The summed E-state index contributed by atoms with van der Waals surface area (Å²) in [5, 5.41) is 0. The molecule has 0 atom stereocenters. The Morgan fingerprint density at radius 3 is 2.95 bits per heavy atom. The summed E-state index contributed by atoms with van der Waals surface area (Å²) in [5.74, 6) is -0.335. The summed E-state index contributed by atoms with van der Waals surface area (Å²) >= 11 is 0. The normalized spacial score (nSPS) is 16.4. The topological polar surface area (TPSA) is 56.1 Å². The van der Waals surface area contributed by atoms with E-state index in [4.69, 9.17) is 9.47 Å². The fourth-order valence-electron chi connectivity index (χ4n) is 2.37. The molecule has 3 rings (SSSR count). The molecule has 3 heterocycles. The van der Waals surface area contributed by atoms with Crippen molar-refractivity contribution >= 4 is 11.6 Å². The van der Waals surface area contributed by atoms with E-state index < -0.39 is 0 Å². The van der Waals surface area contributed by atoms with Gasteiger partial charge in [-0.1, -0.05) is 0 Å². The van der Waals surface area contributed by atoms with Gasteiger partial charge in [0.25, 0.3) is 0 Å². The molecule has 1 fully saturated rings. The summed E-state index contributed by atoms with van der Waals surface area (Å²) in [6, 6.07) is 3.56. The van der Waals surface area contributed by atoms with Crippen molar-refractivity contribution in [2.75, 3.05) is 33.4 Å². The van der Waals surface area contributed by atoms with Gasteiger partial charge in [-0.25, -0.2) is 9.78 Å². The molecule has 1 aliphatic rings. The number of hydrogen-bond acceptors (Lipinski definition) is 5. The van der Waals surface area contributed by atoms with E-state index in [-0.39, 0.29) is 5.97 Å². The Balaban J connectivity index is 1.88. The second kappa shape index (κ2) is 5.60. The average molecular weight is 275 g/mol. The number of methoxy groups -OCH3 is 1. The van der Waals surface area contributed by atoms with Crippen LogP contribution in [-0.4, -0.2) is 53.7 Å². The highest BCUT2D eigenvalue weighted by Gasteiger charge is 2.14. The molecular weight excluding hydrogens is 258 g/mol. The Hall–Kier alpha value is -1.92. The molecule has 0 bridgehead atoms. The summed E-state index contributed by atoms with van der Waals surface area (Å²) in [5.41, 5.74) is 2.43. The van der Waals surface area contributed by atoms with E-state index in [2.05, 4.69) is 9.88 Å². The molecule has 1 aliphatic heterocycles. The molecule has 6 heteroatoms. The summed E-state index contributed by atoms with van der Waals surface area (Å²) in [6.07, 6.45) is 3.63. The molecule has 0 spiro atoms.